The first-order chi connectivity index (χ1) is 8.09. The highest BCUT2D eigenvalue weighted by Crippen LogP contribution is 2.20. The molecule has 3 N–H and O–H groups in total. The summed E-state index contributed by atoms with van der Waals surface area (Å²) in [5.74, 6) is 0.176. The Balaban J connectivity index is 2.30. The molecule has 0 spiro atoms. The minimum Gasteiger partial charge on any atom is -0.379 e. The number of hydrogen-bond donors (Lipinski definition) is 2. The summed E-state index contributed by atoms with van der Waals surface area (Å²) in [6.45, 7) is 0. The van der Waals surface area contributed by atoms with Crippen molar-refractivity contribution in [2.45, 2.75) is 0 Å². The number of aromatic nitrogens is 2. The molecule has 0 unspecified atom stereocenters. The number of halogens is 1. The van der Waals surface area contributed by atoms with Crippen LogP contribution in [0.3, 0.4) is 0 Å². The predicted octanol–water partition coefficient (Wildman–Crippen LogP) is 1.77. The Hall–Kier alpha value is -2.08. The quantitative estimate of drug-likeness (QED) is 0.627. The number of anilines is 2. The van der Waals surface area contributed by atoms with Crippen LogP contribution in [-0.4, -0.2) is 23.2 Å². The van der Waals surface area contributed by atoms with E-state index in [9.17, 15) is 0 Å². The Bertz CT molecular complexity index is 553. The largest absolute Gasteiger partial charge is 0.379 e. The zero-order valence-corrected chi connectivity index (χ0v) is 9.77. The number of nitrogens with two attached hydrogens (primary N) is 1. The average molecular weight is 252 g/mol. The summed E-state index contributed by atoms with van der Waals surface area (Å²) in [7, 11) is 1.71. The molecule has 0 aliphatic carbocycles. The fraction of sp³-hybridized carbons (Fsp3) is 0.100. The summed E-state index contributed by atoms with van der Waals surface area (Å²) in [6.07, 6.45) is 0. The topological polar surface area (TPSA) is 92.0 Å². The van der Waals surface area contributed by atoms with Gasteiger partial charge < -0.3 is 10.6 Å². The molecule has 6 nitrogen and oxygen atoms in total. The molecule has 17 heavy (non-hydrogen) atoms. The number of nitrogens with one attached hydrogen (secondary N) is 1. The van der Waals surface area contributed by atoms with Crippen LogP contribution >= 0.6 is 11.6 Å². The third kappa shape index (κ3) is 2.21. The van der Waals surface area contributed by atoms with Gasteiger partial charge in [0.25, 0.3) is 0 Å². The van der Waals surface area contributed by atoms with Gasteiger partial charge in [0.05, 0.1) is 0 Å². The van der Waals surface area contributed by atoms with Crippen molar-refractivity contribution in [1.82, 2.24) is 10.3 Å². The van der Waals surface area contributed by atoms with Crippen LogP contribution in [0.2, 0.25) is 5.02 Å². The molecule has 0 saturated carbocycles. The van der Waals surface area contributed by atoms with E-state index in [4.69, 9.17) is 22.7 Å². The van der Waals surface area contributed by atoms with E-state index in [-0.39, 0.29) is 17.3 Å². The minimum atomic E-state index is 0.0869. The Labute approximate surface area is 102 Å². The molecule has 0 radical (unpaired) electrons. The van der Waals surface area contributed by atoms with Gasteiger partial charge in [-0.2, -0.15) is 0 Å². The summed E-state index contributed by atoms with van der Waals surface area (Å²) < 4.78 is 4.46. The molecule has 2 rings (SSSR count). The fourth-order valence-corrected chi connectivity index (χ4v) is 1.52. The Morgan fingerprint density at radius 3 is 2.82 bits per heavy atom. The van der Waals surface area contributed by atoms with Crippen LogP contribution in [-0.2, 0) is 0 Å². The number of rotatable bonds is 2. The van der Waals surface area contributed by atoms with E-state index in [2.05, 4.69) is 14.9 Å². The molecule has 1 heterocycles. The summed E-state index contributed by atoms with van der Waals surface area (Å²) in [6, 6.07) is 7.12. The molecule has 0 atom stereocenters. The lowest BCUT2D eigenvalue weighted by atomic mass is 10.2. The zero-order chi connectivity index (χ0) is 12.4. The number of amidine groups is 1. The van der Waals surface area contributed by atoms with Crippen LogP contribution in [0.5, 0.6) is 0 Å². The van der Waals surface area contributed by atoms with Crippen LogP contribution in [0.4, 0.5) is 11.5 Å². The lowest BCUT2D eigenvalue weighted by Crippen LogP contribution is -2.27. The van der Waals surface area contributed by atoms with Crippen LogP contribution in [0.1, 0.15) is 5.69 Å². The van der Waals surface area contributed by atoms with E-state index >= 15 is 0 Å². The molecule has 0 aliphatic rings. The maximum atomic E-state index is 7.94. The van der Waals surface area contributed by atoms with Crippen LogP contribution < -0.4 is 10.6 Å². The first-order valence-electron chi connectivity index (χ1n) is 4.76. The first kappa shape index (κ1) is 11.4. The van der Waals surface area contributed by atoms with Crippen molar-refractivity contribution in [3.8, 4) is 0 Å². The Morgan fingerprint density at radius 2 is 2.24 bits per heavy atom. The van der Waals surface area contributed by atoms with Crippen molar-refractivity contribution in [2.24, 2.45) is 0 Å². The molecule has 0 fully saturated rings. The summed E-state index contributed by atoms with van der Waals surface area (Å²) in [5, 5.41) is 15.5. The van der Waals surface area contributed by atoms with E-state index in [1.54, 1.807) is 30.1 Å². The number of nitrogens with zero attached hydrogens (tertiary/aromatic N) is 3. The number of nitrogen functional groups attached to an aromatic ring is 1. The van der Waals surface area contributed by atoms with Gasteiger partial charge in [-0.25, -0.2) is 4.63 Å². The van der Waals surface area contributed by atoms with E-state index in [1.165, 1.54) is 0 Å². The highest BCUT2D eigenvalue weighted by Gasteiger charge is 2.17. The second-order valence-electron chi connectivity index (χ2n) is 3.39. The van der Waals surface area contributed by atoms with Crippen molar-refractivity contribution >= 4 is 28.9 Å². The molecule has 7 heteroatoms. The van der Waals surface area contributed by atoms with Crippen LogP contribution in [0.25, 0.3) is 0 Å². The van der Waals surface area contributed by atoms with Gasteiger partial charge in [-0.15, -0.1) is 0 Å². The zero-order valence-electron chi connectivity index (χ0n) is 9.01. The summed E-state index contributed by atoms with van der Waals surface area (Å²) >= 11 is 5.88. The van der Waals surface area contributed by atoms with Gasteiger partial charge in [-0.1, -0.05) is 17.7 Å². The normalized spacial score (nSPS) is 10.2. The summed E-state index contributed by atoms with van der Waals surface area (Å²) in [4.78, 5) is 1.59. The second-order valence-corrected chi connectivity index (χ2v) is 3.82. The van der Waals surface area contributed by atoms with Crippen molar-refractivity contribution in [3.05, 3.63) is 35.0 Å². The lowest BCUT2D eigenvalue weighted by molar-refractivity contribution is 0.308. The van der Waals surface area contributed by atoms with Gasteiger partial charge in [0.2, 0.25) is 0 Å². The average Bonchev–Trinajstić information content (AvgIpc) is 2.73. The van der Waals surface area contributed by atoms with E-state index in [0.29, 0.717) is 5.02 Å². The first-order valence-corrected chi connectivity index (χ1v) is 5.13. The molecule has 0 saturated heterocycles. The van der Waals surface area contributed by atoms with Crippen LogP contribution in [0, 0.1) is 5.41 Å². The molecular formula is C10H10ClN5O. The van der Waals surface area contributed by atoms with Gasteiger partial charge in [0.1, 0.15) is 0 Å². The van der Waals surface area contributed by atoms with Gasteiger partial charge in [0, 0.05) is 17.8 Å². The standard InChI is InChI=1S/C10H10ClN5O/c1-16(7-4-2-3-6(11)5-7)10(13)8-9(12)15-17-14-8/h2-5,13H,1H3,(H2,12,15). The van der Waals surface area contributed by atoms with E-state index in [1.807, 2.05) is 6.07 Å². The maximum absolute atomic E-state index is 7.94. The third-order valence-corrected chi connectivity index (χ3v) is 2.50. The van der Waals surface area contributed by atoms with E-state index < -0.39 is 0 Å². The molecule has 0 aliphatic heterocycles. The Morgan fingerprint density at radius 1 is 1.47 bits per heavy atom. The smallest absolute Gasteiger partial charge is 0.199 e. The monoisotopic (exact) mass is 251 g/mol. The Kier molecular flexibility index (Phi) is 2.97. The van der Waals surface area contributed by atoms with Gasteiger partial charge >= 0.3 is 0 Å². The fourth-order valence-electron chi connectivity index (χ4n) is 1.33. The number of hydrogen-bond acceptors (Lipinski definition) is 5. The van der Waals surface area contributed by atoms with Crippen molar-refractivity contribution < 1.29 is 4.63 Å². The molecule has 0 amide bonds. The predicted molar refractivity (Wildman–Crippen MR) is 65.4 cm³/mol. The number of benzene rings is 1. The molecule has 2 aromatic rings. The van der Waals surface area contributed by atoms with E-state index in [0.717, 1.165) is 5.69 Å². The van der Waals surface area contributed by atoms with Crippen molar-refractivity contribution in [3.63, 3.8) is 0 Å². The molecular weight excluding hydrogens is 242 g/mol. The summed E-state index contributed by atoms with van der Waals surface area (Å²) in [5.41, 5.74) is 6.48. The van der Waals surface area contributed by atoms with Gasteiger partial charge in [-0.05, 0) is 28.5 Å². The van der Waals surface area contributed by atoms with Crippen molar-refractivity contribution in [1.29, 1.82) is 5.41 Å². The van der Waals surface area contributed by atoms with Gasteiger partial charge in [-0.3, -0.25) is 5.41 Å². The molecule has 0 bridgehead atoms. The highest BCUT2D eigenvalue weighted by molar-refractivity contribution is 6.31. The van der Waals surface area contributed by atoms with Crippen LogP contribution in [0.15, 0.2) is 28.9 Å². The molecule has 1 aromatic carbocycles. The maximum Gasteiger partial charge on any atom is 0.199 e. The SMILES string of the molecule is CN(C(=N)c1nonc1N)c1cccc(Cl)c1. The second kappa shape index (κ2) is 4.42. The molecule has 1 aromatic heterocycles. The third-order valence-electron chi connectivity index (χ3n) is 2.27. The van der Waals surface area contributed by atoms with Crippen molar-refractivity contribution in [2.75, 3.05) is 17.7 Å². The lowest BCUT2D eigenvalue weighted by Gasteiger charge is -2.18. The van der Waals surface area contributed by atoms with Gasteiger partial charge in [0.15, 0.2) is 17.3 Å². The molecule has 88 valence electrons. The minimum absolute atomic E-state index is 0.0869. The highest BCUT2D eigenvalue weighted by atomic mass is 35.5.